The lowest BCUT2D eigenvalue weighted by Crippen LogP contribution is -2.25. The van der Waals surface area contributed by atoms with Crippen LogP contribution in [0.2, 0.25) is 0 Å². The molecule has 0 unspecified atom stereocenters. The number of hydrogen-bond donors (Lipinski definition) is 0. The van der Waals surface area contributed by atoms with Gasteiger partial charge in [-0.2, -0.15) is 5.26 Å². The topological polar surface area (TPSA) is 84.2 Å². The summed E-state index contributed by atoms with van der Waals surface area (Å²) in [6.07, 6.45) is 0. The van der Waals surface area contributed by atoms with Crippen LogP contribution in [-0.2, 0) is 19.4 Å². The lowest BCUT2D eigenvalue weighted by atomic mass is 10.00. The Morgan fingerprint density at radius 3 is 2.07 bits per heavy atom. The first kappa shape index (κ1) is 19.1. The summed E-state index contributed by atoms with van der Waals surface area (Å²) < 4.78 is 31.7. The molecule has 0 aliphatic heterocycles. The van der Waals surface area contributed by atoms with Gasteiger partial charge in [-0.15, -0.1) is 0 Å². The molecule has 0 radical (unpaired) electrons. The van der Waals surface area contributed by atoms with Crippen molar-refractivity contribution in [3.05, 3.63) is 65.2 Å². The number of nitrogens with zero attached hydrogens (tertiary/aromatic N) is 1. The van der Waals surface area contributed by atoms with Crippen LogP contribution in [-0.4, -0.2) is 26.2 Å². The summed E-state index contributed by atoms with van der Waals surface area (Å²) in [7, 11) is -3.90. The third-order valence-corrected chi connectivity index (χ3v) is 7.29. The fourth-order valence-corrected chi connectivity index (χ4v) is 5.78. The van der Waals surface area contributed by atoms with Gasteiger partial charge in [0.15, 0.2) is 15.3 Å². The average Bonchev–Trinajstić information content (AvgIpc) is 3.34. The van der Waals surface area contributed by atoms with Gasteiger partial charge >= 0.3 is 5.97 Å². The first-order valence-corrected chi connectivity index (χ1v) is 10.3. The van der Waals surface area contributed by atoms with Gasteiger partial charge < -0.3 is 4.74 Å². The third-order valence-electron chi connectivity index (χ3n) is 5.05. The molecule has 0 spiro atoms. The second-order valence-corrected chi connectivity index (χ2v) is 8.94. The molecule has 0 amide bonds. The molecule has 0 bridgehead atoms. The molecule has 1 aliphatic rings. The number of carbonyl (C=O) groups excluding carboxylic acids is 1. The van der Waals surface area contributed by atoms with Crippen molar-refractivity contribution >= 4 is 15.8 Å². The van der Waals surface area contributed by atoms with E-state index in [0.29, 0.717) is 5.56 Å². The molecule has 1 fully saturated rings. The van der Waals surface area contributed by atoms with Crippen molar-refractivity contribution in [3.63, 3.8) is 0 Å². The SMILES string of the molecule is CCOC(=O)[C@]1(C#N)[C@H](c2ccc(C)cc2)[C@@H]1S(=O)(=O)c1ccc(C)cc1. The molecule has 6 heteroatoms. The maximum atomic E-state index is 13.3. The van der Waals surface area contributed by atoms with E-state index in [-0.39, 0.29) is 11.5 Å². The largest absolute Gasteiger partial charge is 0.465 e. The summed E-state index contributed by atoms with van der Waals surface area (Å²) in [6, 6.07) is 15.7. The summed E-state index contributed by atoms with van der Waals surface area (Å²) in [5.74, 6) is -1.53. The molecule has 1 saturated carbocycles. The highest BCUT2D eigenvalue weighted by Gasteiger charge is 2.77. The lowest BCUT2D eigenvalue weighted by Gasteiger charge is -2.09. The number of esters is 1. The van der Waals surface area contributed by atoms with Crippen LogP contribution in [0, 0.1) is 30.6 Å². The van der Waals surface area contributed by atoms with Gasteiger partial charge in [-0.3, -0.25) is 4.79 Å². The number of rotatable bonds is 5. The van der Waals surface area contributed by atoms with Crippen LogP contribution in [0.1, 0.15) is 29.5 Å². The van der Waals surface area contributed by atoms with E-state index in [4.69, 9.17) is 4.74 Å². The van der Waals surface area contributed by atoms with Crippen molar-refractivity contribution in [3.8, 4) is 6.07 Å². The van der Waals surface area contributed by atoms with E-state index in [1.165, 1.54) is 12.1 Å². The monoisotopic (exact) mass is 383 g/mol. The molecule has 0 aromatic heterocycles. The Kier molecular flexibility index (Phi) is 4.83. The van der Waals surface area contributed by atoms with Gasteiger partial charge in [0.2, 0.25) is 0 Å². The molecular weight excluding hydrogens is 362 g/mol. The summed E-state index contributed by atoms with van der Waals surface area (Å²) in [5.41, 5.74) is 0.860. The quantitative estimate of drug-likeness (QED) is 0.740. The minimum atomic E-state index is -3.90. The molecule has 0 N–H and O–H groups in total. The van der Waals surface area contributed by atoms with Crippen molar-refractivity contribution in [2.24, 2.45) is 5.41 Å². The molecule has 5 nitrogen and oxygen atoms in total. The highest BCUT2D eigenvalue weighted by Crippen LogP contribution is 2.64. The van der Waals surface area contributed by atoms with Crippen molar-refractivity contribution in [1.82, 2.24) is 0 Å². The Morgan fingerprint density at radius 2 is 1.59 bits per heavy atom. The maximum absolute atomic E-state index is 13.3. The number of hydrogen-bond acceptors (Lipinski definition) is 5. The zero-order valence-corrected chi connectivity index (χ0v) is 16.3. The van der Waals surface area contributed by atoms with E-state index >= 15 is 0 Å². The highest BCUT2D eigenvalue weighted by atomic mass is 32.2. The zero-order chi connectivity index (χ0) is 19.8. The minimum absolute atomic E-state index is 0.0835. The third kappa shape index (κ3) is 3.02. The van der Waals surface area contributed by atoms with Crippen LogP contribution in [0.15, 0.2) is 53.4 Å². The van der Waals surface area contributed by atoms with Gasteiger partial charge in [0.25, 0.3) is 0 Å². The van der Waals surface area contributed by atoms with Gasteiger partial charge in [-0.25, -0.2) is 8.42 Å². The van der Waals surface area contributed by atoms with Gasteiger partial charge in [-0.05, 0) is 38.5 Å². The fraction of sp³-hybridized carbons (Fsp3) is 0.333. The molecular formula is C21H21NO4S. The highest BCUT2D eigenvalue weighted by molar-refractivity contribution is 7.92. The number of ether oxygens (including phenoxy) is 1. The molecule has 1 aliphatic carbocycles. The Bertz CT molecular complexity index is 1000. The summed E-state index contributed by atoms with van der Waals surface area (Å²) >= 11 is 0. The minimum Gasteiger partial charge on any atom is -0.465 e. The Labute approximate surface area is 159 Å². The molecule has 3 atom stereocenters. The fourth-order valence-electron chi connectivity index (χ4n) is 3.54. The van der Waals surface area contributed by atoms with Crippen molar-refractivity contribution in [2.75, 3.05) is 6.61 Å². The second kappa shape index (κ2) is 6.82. The van der Waals surface area contributed by atoms with E-state index in [0.717, 1.165) is 11.1 Å². The number of sulfone groups is 1. The van der Waals surface area contributed by atoms with Crippen LogP contribution in [0.25, 0.3) is 0 Å². The van der Waals surface area contributed by atoms with E-state index < -0.39 is 32.4 Å². The van der Waals surface area contributed by atoms with Gasteiger partial charge in [0, 0.05) is 5.92 Å². The standard InChI is InChI=1S/C21H21NO4S/c1-4-26-20(23)21(13-22)18(16-9-5-14(2)6-10-16)19(21)27(24,25)17-11-7-15(3)8-12-17/h5-12,18-19H,4H2,1-3H3/t18-,19+,21-/m1/s1. The maximum Gasteiger partial charge on any atom is 0.328 e. The van der Waals surface area contributed by atoms with Crippen LogP contribution < -0.4 is 0 Å². The van der Waals surface area contributed by atoms with Crippen LogP contribution in [0.5, 0.6) is 0 Å². The van der Waals surface area contributed by atoms with Crippen molar-refractivity contribution in [1.29, 1.82) is 5.26 Å². The lowest BCUT2D eigenvalue weighted by molar-refractivity contribution is -0.147. The van der Waals surface area contributed by atoms with E-state index in [2.05, 4.69) is 0 Å². The summed E-state index contributed by atoms with van der Waals surface area (Å²) in [5, 5.41) is 8.68. The van der Waals surface area contributed by atoms with Crippen molar-refractivity contribution in [2.45, 2.75) is 36.8 Å². The normalized spacial score (nSPS) is 24.1. The van der Waals surface area contributed by atoms with E-state index in [9.17, 15) is 18.5 Å². The number of carbonyl (C=O) groups is 1. The first-order valence-electron chi connectivity index (χ1n) is 8.74. The number of nitriles is 1. The molecule has 140 valence electrons. The van der Waals surface area contributed by atoms with Gasteiger partial charge in [0.1, 0.15) is 5.25 Å². The first-order chi connectivity index (χ1) is 12.8. The zero-order valence-electron chi connectivity index (χ0n) is 15.5. The predicted molar refractivity (Wildman–Crippen MR) is 101 cm³/mol. The molecule has 0 saturated heterocycles. The Hall–Kier alpha value is -2.65. The number of aryl methyl sites for hydroxylation is 2. The second-order valence-electron chi connectivity index (χ2n) is 6.87. The summed E-state index contributed by atoms with van der Waals surface area (Å²) in [4.78, 5) is 12.8. The van der Waals surface area contributed by atoms with Gasteiger partial charge in [0.05, 0.1) is 17.6 Å². The molecule has 3 rings (SSSR count). The van der Waals surface area contributed by atoms with Crippen LogP contribution in [0.4, 0.5) is 0 Å². The average molecular weight is 383 g/mol. The molecule has 27 heavy (non-hydrogen) atoms. The van der Waals surface area contributed by atoms with Crippen LogP contribution in [0.3, 0.4) is 0 Å². The van der Waals surface area contributed by atoms with E-state index in [1.807, 2.05) is 32.0 Å². The van der Waals surface area contributed by atoms with Crippen LogP contribution >= 0.6 is 0 Å². The van der Waals surface area contributed by atoms with E-state index in [1.54, 1.807) is 31.2 Å². The van der Waals surface area contributed by atoms with Crippen molar-refractivity contribution < 1.29 is 17.9 Å². The molecule has 0 heterocycles. The smallest absolute Gasteiger partial charge is 0.328 e. The Balaban J connectivity index is 2.12. The predicted octanol–water partition coefficient (Wildman–Crippen LogP) is 3.32. The number of benzene rings is 2. The Morgan fingerprint density at radius 1 is 1.07 bits per heavy atom. The molecule has 2 aromatic rings. The van der Waals surface area contributed by atoms with Gasteiger partial charge in [-0.1, -0.05) is 47.5 Å². The molecule has 2 aromatic carbocycles. The summed E-state index contributed by atoms with van der Waals surface area (Å²) in [6.45, 7) is 5.50.